The van der Waals surface area contributed by atoms with Gasteiger partial charge in [-0.05, 0) is 29.8 Å². The lowest BCUT2D eigenvalue weighted by atomic mass is 10.2. The summed E-state index contributed by atoms with van der Waals surface area (Å²) < 4.78 is 5.36. The minimum absolute atomic E-state index is 0.0217. The highest BCUT2D eigenvalue weighted by Crippen LogP contribution is 2.16. The molecule has 1 aliphatic heterocycles. The minimum Gasteiger partial charge on any atom is -0.379 e. The molecule has 0 aliphatic carbocycles. The third-order valence-corrected chi connectivity index (χ3v) is 4.68. The molecule has 1 fully saturated rings. The van der Waals surface area contributed by atoms with Gasteiger partial charge in [-0.25, -0.2) is 4.98 Å². The van der Waals surface area contributed by atoms with Crippen molar-refractivity contribution in [3.05, 3.63) is 54.2 Å². The van der Waals surface area contributed by atoms with E-state index in [1.165, 1.54) is 17.3 Å². The fourth-order valence-corrected chi connectivity index (χ4v) is 3.14. The molecule has 24 heavy (non-hydrogen) atoms. The van der Waals surface area contributed by atoms with Crippen molar-refractivity contribution in [3.63, 3.8) is 0 Å². The highest BCUT2D eigenvalue weighted by Gasteiger charge is 2.10. The molecule has 2 aromatic rings. The van der Waals surface area contributed by atoms with Gasteiger partial charge in [-0.15, -0.1) is 0 Å². The zero-order valence-corrected chi connectivity index (χ0v) is 14.3. The van der Waals surface area contributed by atoms with Gasteiger partial charge in [0.2, 0.25) is 5.91 Å². The Morgan fingerprint density at radius 2 is 1.96 bits per heavy atom. The number of rotatable bonds is 6. The van der Waals surface area contributed by atoms with Gasteiger partial charge in [-0.1, -0.05) is 30.0 Å². The van der Waals surface area contributed by atoms with Crippen molar-refractivity contribution in [1.82, 2.24) is 9.88 Å². The lowest BCUT2D eigenvalue weighted by molar-refractivity contribution is -0.113. The van der Waals surface area contributed by atoms with Gasteiger partial charge in [0.15, 0.2) is 0 Å². The zero-order valence-electron chi connectivity index (χ0n) is 13.5. The van der Waals surface area contributed by atoms with E-state index in [-0.39, 0.29) is 5.91 Å². The first-order valence-electron chi connectivity index (χ1n) is 8.02. The molecule has 1 aromatic carbocycles. The Kier molecular flexibility index (Phi) is 6.23. The van der Waals surface area contributed by atoms with Gasteiger partial charge < -0.3 is 10.1 Å². The number of carbonyl (C=O) groups excluding carboxylic acids is 1. The fourth-order valence-electron chi connectivity index (χ4n) is 2.48. The third kappa shape index (κ3) is 5.33. The SMILES string of the molecule is O=C(CSc1ccccn1)Nc1ccc(CN2CCOCC2)cc1. The van der Waals surface area contributed by atoms with E-state index in [9.17, 15) is 4.79 Å². The lowest BCUT2D eigenvalue weighted by Crippen LogP contribution is -2.35. The summed E-state index contributed by atoms with van der Waals surface area (Å²) in [5.74, 6) is 0.332. The number of pyridine rings is 1. The molecule has 1 saturated heterocycles. The summed E-state index contributed by atoms with van der Waals surface area (Å²) in [7, 11) is 0. The Bertz CT molecular complexity index is 643. The Balaban J connectivity index is 1.45. The summed E-state index contributed by atoms with van der Waals surface area (Å²) in [4.78, 5) is 18.6. The highest BCUT2D eigenvalue weighted by atomic mass is 32.2. The second kappa shape index (κ2) is 8.82. The maximum Gasteiger partial charge on any atom is 0.234 e. The molecule has 0 unspecified atom stereocenters. The first-order valence-corrected chi connectivity index (χ1v) is 9.01. The molecule has 126 valence electrons. The van der Waals surface area contributed by atoms with Gasteiger partial charge >= 0.3 is 0 Å². The van der Waals surface area contributed by atoms with E-state index < -0.39 is 0 Å². The predicted octanol–water partition coefficient (Wildman–Crippen LogP) is 2.64. The van der Waals surface area contributed by atoms with Crippen LogP contribution in [0.15, 0.2) is 53.7 Å². The molecule has 3 rings (SSSR count). The molecular weight excluding hydrogens is 322 g/mol. The molecule has 0 saturated carbocycles. The Labute approximate surface area is 146 Å². The third-order valence-electron chi connectivity index (χ3n) is 3.74. The number of benzene rings is 1. The quantitative estimate of drug-likeness (QED) is 0.817. The van der Waals surface area contributed by atoms with Gasteiger partial charge in [-0.2, -0.15) is 0 Å². The maximum atomic E-state index is 12.0. The van der Waals surface area contributed by atoms with Gasteiger partial charge in [0.1, 0.15) is 0 Å². The summed E-state index contributed by atoms with van der Waals surface area (Å²) in [6.07, 6.45) is 1.73. The maximum absolute atomic E-state index is 12.0. The van der Waals surface area contributed by atoms with E-state index in [1.807, 2.05) is 30.3 Å². The van der Waals surface area contributed by atoms with Crippen LogP contribution in [-0.4, -0.2) is 47.8 Å². The highest BCUT2D eigenvalue weighted by molar-refractivity contribution is 7.99. The number of thioether (sulfide) groups is 1. The lowest BCUT2D eigenvalue weighted by Gasteiger charge is -2.26. The number of ether oxygens (including phenoxy) is 1. The van der Waals surface area contributed by atoms with E-state index in [0.29, 0.717) is 5.75 Å². The molecule has 1 aromatic heterocycles. The number of morpholine rings is 1. The van der Waals surface area contributed by atoms with Crippen molar-refractivity contribution < 1.29 is 9.53 Å². The van der Waals surface area contributed by atoms with Crippen LogP contribution in [0.4, 0.5) is 5.69 Å². The van der Waals surface area contributed by atoms with Crippen molar-refractivity contribution in [1.29, 1.82) is 0 Å². The molecule has 6 heteroatoms. The van der Waals surface area contributed by atoms with Crippen molar-refractivity contribution >= 4 is 23.4 Å². The van der Waals surface area contributed by atoms with Crippen LogP contribution in [0.3, 0.4) is 0 Å². The molecule has 1 amide bonds. The summed E-state index contributed by atoms with van der Waals surface area (Å²) in [6.45, 7) is 4.49. The molecule has 0 bridgehead atoms. The summed E-state index contributed by atoms with van der Waals surface area (Å²) in [5, 5.41) is 3.78. The molecule has 1 N–H and O–H groups in total. The number of amides is 1. The second-order valence-electron chi connectivity index (χ2n) is 5.59. The van der Waals surface area contributed by atoms with Crippen molar-refractivity contribution in [2.75, 3.05) is 37.4 Å². The van der Waals surface area contributed by atoms with Crippen molar-refractivity contribution in [2.24, 2.45) is 0 Å². The van der Waals surface area contributed by atoms with Crippen LogP contribution in [-0.2, 0) is 16.1 Å². The summed E-state index contributed by atoms with van der Waals surface area (Å²) >= 11 is 1.43. The molecular formula is C18H21N3O2S. The Hall–Kier alpha value is -1.89. The molecule has 0 spiro atoms. The predicted molar refractivity (Wildman–Crippen MR) is 96.1 cm³/mol. The summed E-state index contributed by atoms with van der Waals surface area (Å²) in [6, 6.07) is 13.7. The molecule has 0 atom stereocenters. The largest absolute Gasteiger partial charge is 0.379 e. The van der Waals surface area contributed by atoms with Gasteiger partial charge in [0, 0.05) is 31.5 Å². The average molecular weight is 343 g/mol. The number of anilines is 1. The number of hydrogen-bond acceptors (Lipinski definition) is 5. The van der Waals surface area contributed by atoms with Crippen LogP contribution in [0.5, 0.6) is 0 Å². The van der Waals surface area contributed by atoms with Crippen molar-refractivity contribution in [2.45, 2.75) is 11.6 Å². The second-order valence-corrected chi connectivity index (χ2v) is 6.59. The van der Waals surface area contributed by atoms with E-state index in [0.717, 1.165) is 43.6 Å². The van der Waals surface area contributed by atoms with E-state index in [2.05, 4.69) is 27.3 Å². The Morgan fingerprint density at radius 1 is 1.17 bits per heavy atom. The standard InChI is InChI=1S/C18H21N3O2S/c22-17(14-24-18-3-1-2-8-19-18)20-16-6-4-15(5-7-16)13-21-9-11-23-12-10-21/h1-8H,9-14H2,(H,20,22). The van der Waals surface area contributed by atoms with Crippen LogP contribution in [0.2, 0.25) is 0 Å². The molecule has 1 aliphatic rings. The van der Waals surface area contributed by atoms with E-state index in [1.54, 1.807) is 6.20 Å². The molecule has 5 nitrogen and oxygen atoms in total. The molecule has 0 radical (unpaired) electrons. The number of carbonyl (C=O) groups is 1. The zero-order chi connectivity index (χ0) is 16.6. The fraction of sp³-hybridized carbons (Fsp3) is 0.333. The number of nitrogens with one attached hydrogen (secondary N) is 1. The van der Waals surface area contributed by atoms with Gasteiger partial charge in [0.25, 0.3) is 0 Å². The average Bonchev–Trinajstić information content (AvgIpc) is 2.63. The van der Waals surface area contributed by atoms with Crippen LogP contribution in [0.25, 0.3) is 0 Å². The topological polar surface area (TPSA) is 54.5 Å². The van der Waals surface area contributed by atoms with Crippen LogP contribution in [0.1, 0.15) is 5.56 Å². The first-order chi connectivity index (χ1) is 11.8. The normalized spacial score (nSPS) is 15.2. The summed E-state index contributed by atoms with van der Waals surface area (Å²) in [5.41, 5.74) is 2.07. The number of aromatic nitrogens is 1. The molecule has 2 heterocycles. The van der Waals surface area contributed by atoms with E-state index in [4.69, 9.17) is 4.74 Å². The first kappa shape index (κ1) is 17.0. The monoisotopic (exact) mass is 343 g/mol. The van der Waals surface area contributed by atoms with Gasteiger partial charge in [-0.3, -0.25) is 9.69 Å². The smallest absolute Gasteiger partial charge is 0.234 e. The van der Waals surface area contributed by atoms with Crippen LogP contribution >= 0.6 is 11.8 Å². The number of nitrogens with zero attached hydrogens (tertiary/aromatic N) is 2. The van der Waals surface area contributed by atoms with Gasteiger partial charge in [0.05, 0.1) is 24.0 Å². The minimum atomic E-state index is -0.0217. The van der Waals surface area contributed by atoms with Crippen LogP contribution in [0, 0.1) is 0 Å². The van der Waals surface area contributed by atoms with Crippen LogP contribution < -0.4 is 5.32 Å². The number of hydrogen-bond donors (Lipinski definition) is 1. The van der Waals surface area contributed by atoms with Crippen molar-refractivity contribution in [3.8, 4) is 0 Å². The Morgan fingerprint density at radius 3 is 2.67 bits per heavy atom. The van der Waals surface area contributed by atoms with E-state index >= 15 is 0 Å².